The summed E-state index contributed by atoms with van der Waals surface area (Å²) in [6, 6.07) is 7.68. The number of pyridine rings is 1. The zero-order valence-electron chi connectivity index (χ0n) is 10.3. The van der Waals surface area contributed by atoms with Crippen molar-refractivity contribution >= 4 is 16.6 Å². The van der Waals surface area contributed by atoms with Crippen molar-refractivity contribution in [3.05, 3.63) is 42.1 Å². The van der Waals surface area contributed by atoms with E-state index in [2.05, 4.69) is 15.1 Å². The molecule has 0 atom stereocenters. The topological polar surface area (TPSA) is 69.6 Å². The van der Waals surface area contributed by atoms with Gasteiger partial charge in [0.05, 0.1) is 16.9 Å². The molecule has 0 amide bonds. The normalized spacial score (nSPS) is 11.0. The minimum absolute atomic E-state index is 0.670. The smallest absolute Gasteiger partial charge is 0.148 e. The highest BCUT2D eigenvalue weighted by Crippen LogP contribution is 2.25. The monoisotopic (exact) mass is 239 g/mol. The van der Waals surface area contributed by atoms with Gasteiger partial charge in [-0.25, -0.2) is 9.67 Å². The fourth-order valence-corrected chi connectivity index (χ4v) is 2.11. The van der Waals surface area contributed by atoms with Gasteiger partial charge in [-0.15, -0.1) is 0 Å². The van der Waals surface area contributed by atoms with E-state index in [1.807, 2.05) is 42.8 Å². The van der Waals surface area contributed by atoms with Crippen LogP contribution in [0.15, 0.2) is 30.5 Å². The Bertz CT molecular complexity index is 729. The van der Waals surface area contributed by atoms with E-state index in [0.29, 0.717) is 5.69 Å². The summed E-state index contributed by atoms with van der Waals surface area (Å²) in [7, 11) is 0. The van der Waals surface area contributed by atoms with Gasteiger partial charge >= 0.3 is 0 Å². The Balaban J connectivity index is 2.37. The number of aromatic nitrogens is 4. The Morgan fingerprint density at radius 2 is 2.00 bits per heavy atom. The lowest BCUT2D eigenvalue weighted by atomic mass is 10.1. The fraction of sp³-hybridized carbons (Fsp3) is 0.154. The highest BCUT2D eigenvalue weighted by molar-refractivity contribution is 5.95. The lowest BCUT2D eigenvalue weighted by Crippen LogP contribution is -2.02. The average molecular weight is 239 g/mol. The molecule has 2 aromatic heterocycles. The van der Waals surface area contributed by atoms with Crippen LogP contribution in [0.3, 0.4) is 0 Å². The van der Waals surface area contributed by atoms with E-state index < -0.39 is 0 Å². The van der Waals surface area contributed by atoms with Gasteiger partial charge in [0.2, 0.25) is 0 Å². The Labute approximate surface area is 104 Å². The van der Waals surface area contributed by atoms with Gasteiger partial charge in [0.25, 0.3) is 0 Å². The average Bonchev–Trinajstić information content (AvgIpc) is 2.69. The fourth-order valence-electron chi connectivity index (χ4n) is 2.11. The van der Waals surface area contributed by atoms with Crippen LogP contribution >= 0.6 is 0 Å². The van der Waals surface area contributed by atoms with Gasteiger partial charge in [-0.2, -0.15) is 5.10 Å². The number of benzene rings is 1. The molecule has 0 unspecified atom stereocenters. The number of nitrogen functional groups attached to an aromatic ring is 1. The number of nitrogens with two attached hydrogens (primary N) is 1. The SMILES string of the molecule is Cc1nc(C)n(-c2ccc(N)c3ncccc23)n1. The summed E-state index contributed by atoms with van der Waals surface area (Å²) in [5.41, 5.74) is 8.35. The van der Waals surface area contributed by atoms with E-state index in [1.165, 1.54) is 0 Å². The van der Waals surface area contributed by atoms with Gasteiger partial charge in [0.1, 0.15) is 11.6 Å². The number of rotatable bonds is 1. The van der Waals surface area contributed by atoms with Crippen molar-refractivity contribution in [2.24, 2.45) is 0 Å². The minimum Gasteiger partial charge on any atom is -0.397 e. The van der Waals surface area contributed by atoms with Crippen molar-refractivity contribution in [3.63, 3.8) is 0 Å². The molecule has 0 fully saturated rings. The highest BCUT2D eigenvalue weighted by Gasteiger charge is 2.10. The third-order valence-electron chi connectivity index (χ3n) is 2.88. The molecule has 0 bridgehead atoms. The highest BCUT2D eigenvalue weighted by atomic mass is 15.3. The summed E-state index contributed by atoms with van der Waals surface area (Å²) < 4.78 is 1.82. The molecule has 3 aromatic rings. The molecule has 0 saturated heterocycles. The maximum Gasteiger partial charge on any atom is 0.148 e. The first-order chi connectivity index (χ1) is 8.66. The minimum atomic E-state index is 0.670. The molecule has 0 saturated carbocycles. The van der Waals surface area contributed by atoms with Crippen LogP contribution < -0.4 is 5.73 Å². The molecule has 0 spiro atoms. The van der Waals surface area contributed by atoms with E-state index in [0.717, 1.165) is 28.2 Å². The number of fused-ring (bicyclic) bond motifs is 1. The first-order valence-corrected chi connectivity index (χ1v) is 5.70. The lowest BCUT2D eigenvalue weighted by molar-refractivity contribution is 0.837. The predicted molar refractivity (Wildman–Crippen MR) is 70.5 cm³/mol. The van der Waals surface area contributed by atoms with E-state index in [-0.39, 0.29) is 0 Å². The van der Waals surface area contributed by atoms with Crippen molar-refractivity contribution < 1.29 is 0 Å². The molecule has 5 heteroatoms. The van der Waals surface area contributed by atoms with Crippen LogP contribution in [0, 0.1) is 13.8 Å². The zero-order chi connectivity index (χ0) is 12.7. The molecule has 0 aliphatic heterocycles. The third kappa shape index (κ3) is 1.52. The molecular formula is C13H13N5. The van der Waals surface area contributed by atoms with Gasteiger partial charge in [-0.1, -0.05) is 0 Å². The summed E-state index contributed by atoms with van der Waals surface area (Å²) in [5, 5.41) is 5.37. The summed E-state index contributed by atoms with van der Waals surface area (Å²) in [6.45, 7) is 3.81. The molecule has 1 aromatic carbocycles. The van der Waals surface area contributed by atoms with E-state index in [1.54, 1.807) is 6.20 Å². The van der Waals surface area contributed by atoms with Crippen molar-refractivity contribution in [1.82, 2.24) is 19.7 Å². The summed E-state index contributed by atoms with van der Waals surface area (Å²) >= 11 is 0. The second kappa shape index (κ2) is 3.80. The van der Waals surface area contributed by atoms with Crippen LogP contribution in [0.2, 0.25) is 0 Å². The van der Waals surface area contributed by atoms with Crippen molar-refractivity contribution in [2.75, 3.05) is 5.73 Å². The maximum atomic E-state index is 5.94. The van der Waals surface area contributed by atoms with Gasteiger partial charge in [-0.05, 0) is 38.1 Å². The largest absolute Gasteiger partial charge is 0.397 e. The molecule has 18 heavy (non-hydrogen) atoms. The molecule has 3 rings (SSSR count). The van der Waals surface area contributed by atoms with E-state index >= 15 is 0 Å². The molecule has 90 valence electrons. The third-order valence-corrected chi connectivity index (χ3v) is 2.88. The quantitative estimate of drug-likeness (QED) is 0.659. The zero-order valence-corrected chi connectivity index (χ0v) is 10.3. The molecule has 2 heterocycles. The van der Waals surface area contributed by atoms with Gasteiger partial charge in [-0.3, -0.25) is 4.98 Å². The first-order valence-electron chi connectivity index (χ1n) is 5.70. The Morgan fingerprint density at radius 3 is 2.72 bits per heavy atom. The van der Waals surface area contributed by atoms with Crippen LogP contribution in [-0.2, 0) is 0 Å². The first kappa shape index (κ1) is 10.7. The lowest BCUT2D eigenvalue weighted by Gasteiger charge is -2.08. The number of aryl methyl sites for hydroxylation is 2. The Morgan fingerprint density at radius 1 is 1.17 bits per heavy atom. The van der Waals surface area contributed by atoms with E-state index in [4.69, 9.17) is 5.73 Å². The predicted octanol–water partition coefficient (Wildman–Crippen LogP) is 2.01. The van der Waals surface area contributed by atoms with Crippen molar-refractivity contribution in [3.8, 4) is 5.69 Å². The summed E-state index contributed by atoms with van der Waals surface area (Å²) in [5.74, 6) is 1.60. The Kier molecular flexibility index (Phi) is 2.26. The Hall–Kier alpha value is -2.43. The second-order valence-corrected chi connectivity index (χ2v) is 4.19. The van der Waals surface area contributed by atoms with Crippen LogP contribution in [-0.4, -0.2) is 19.7 Å². The molecule has 0 aliphatic rings. The van der Waals surface area contributed by atoms with Crippen LogP contribution in [0.4, 0.5) is 5.69 Å². The standard InChI is InChI=1S/C13H13N5/c1-8-16-9(2)18(17-8)12-6-5-11(14)13-10(12)4-3-7-15-13/h3-7H,14H2,1-2H3. The molecular weight excluding hydrogens is 226 g/mol. The van der Waals surface area contributed by atoms with Gasteiger partial charge in [0.15, 0.2) is 0 Å². The van der Waals surface area contributed by atoms with Gasteiger partial charge < -0.3 is 5.73 Å². The van der Waals surface area contributed by atoms with Crippen LogP contribution in [0.5, 0.6) is 0 Å². The van der Waals surface area contributed by atoms with Crippen LogP contribution in [0.25, 0.3) is 16.6 Å². The number of anilines is 1. The molecule has 5 nitrogen and oxygen atoms in total. The maximum absolute atomic E-state index is 5.94. The summed E-state index contributed by atoms with van der Waals surface area (Å²) in [4.78, 5) is 8.63. The molecule has 0 aliphatic carbocycles. The van der Waals surface area contributed by atoms with E-state index in [9.17, 15) is 0 Å². The number of hydrogen-bond donors (Lipinski definition) is 1. The number of nitrogens with zero attached hydrogens (tertiary/aromatic N) is 4. The molecule has 2 N–H and O–H groups in total. The van der Waals surface area contributed by atoms with Crippen molar-refractivity contribution in [2.45, 2.75) is 13.8 Å². The molecule has 0 radical (unpaired) electrons. The second-order valence-electron chi connectivity index (χ2n) is 4.19. The summed E-state index contributed by atoms with van der Waals surface area (Å²) in [6.07, 6.45) is 1.74. The number of hydrogen-bond acceptors (Lipinski definition) is 4. The van der Waals surface area contributed by atoms with Crippen molar-refractivity contribution in [1.29, 1.82) is 0 Å². The van der Waals surface area contributed by atoms with Crippen LogP contribution in [0.1, 0.15) is 11.6 Å². The van der Waals surface area contributed by atoms with Gasteiger partial charge in [0, 0.05) is 11.6 Å².